The van der Waals surface area contributed by atoms with E-state index in [2.05, 4.69) is 0 Å². The van der Waals surface area contributed by atoms with E-state index in [-0.39, 0.29) is 11.1 Å². The monoisotopic (exact) mass is 275 g/mol. The number of hydrogen-bond donors (Lipinski definition) is 1. The molecule has 4 nitrogen and oxygen atoms in total. The maximum Gasteiger partial charge on any atom is 0.341 e. The lowest BCUT2D eigenvalue weighted by Crippen LogP contribution is -2.23. The fourth-order valence-corrected chi connectivity index (χ4v) is 2.17. The molecular weight excluding hydrogens is 261 g/mol. The lowest BCUT2D eigenvalue weighted by Gasteiger charge is -2.13. The summed E-state index contributed by atoms with van der Waals surface area (Å²) < 4.78 is 14.6. The van der Waals surface area contributed by atoms with Gasteiger partial charge in [0.2, 0.25) is 5.43 Å². The Kier molecular flexibility index (Phi) is 3.70. The third-order valence-electron chi connectivity index (χ3n) is 3.26. The van der Waals surface area contributed by atoms with Crippen LogP contribution in [0.15, 0.2) is 35.3 Å². The SMILES string of the molecule is CCn1cc(-c2ccc(F)cc2)c(=O)c(C(=O)O)c1C. The summed E-state index contributed by atoms with van der Waals surface area (Å²) in [6, 6.07) is 5.41. The molecule has 2 aromatic rings. The van der Waals surface area contributed by atoms with Crippen molar-refractivity contribution in [2.45, 2.75) is 20.4 Å². The third kappa shape index (κ3) is 2.34. The fraction of sp³-hybridized carbons (Fsp3) is 0.200. The van der Waals surface area contributed by atoms with Gasteiger partial charge in [-0.1, -0.05) is 12.1 Å². The van der Waals surface area contributed by atoms with Gasteiger partial charge in [0.05, 0.1) is 0 Å². The van der Waals surface area contributed by atoms with Gasteiger partial charge in [-0.05, 0) is 31.5 Å². The van der Waals surface area contributed by atoms with Gasteiger partial charge < -0.3 is 9.67 Å². The molecule has 2 rings (SSSR count). The largest absolute Gasteiger partial charge is 0.477 e. The Morgan fingerprint density at radius 3 is 2.40 bits per heavy atom. The number of benzene rings is 1. The molecule has 0 unspecified atom stereocenters. The van der Waals surface area contributed by atoms with E-state index in [9.17, 15) is 19.1 Å². The van der Waals surface area contributed by atoms with Crippen LogP contribution in [-0.2, 0) is 6.54 Å². The molecule has 1 N–H and O–H groups in total. The Labute approximate surface area is 115 Å². The minimum absolute atomic E-state index is 0.242. The second kappa shape index (κ2) is 5.28. The summed E-state index contributed by atoms with van der Waals surface area (Å²) >= 11 is 0. The van der Waals surface area contributed by atoms with E-state index in [1.807, 2.05) is 6.92 Å². The third-order valence-corrected chi connectivity index (χ3v) is 3.26. The van der Waals surface area contributed by atoms with Crippen molar-refractivity contribution in [1.82, 2.24) is 4.57 Å². The van der Waals surface area contributed by atoms with Crippen LogP contribution >= 0.6 is 0 Å². The number of nitrogens with zero attached hydrogens (tertiary/aromatic N) is 1. The molecule has 0 saturated heterocycles. The summed E-state index contributed by atoms with van der Waals surface area (Å²) in [6.45, 7) is 4.00. The molecule has 0 aliphatic rings. The number of aryl methyl sites for hydroxylation is 1. The molecule has 0 fully saturated rings. The molecule has 5 heteroatoms. The summed E-state index contributed by atoms with van der Waals surface area (Å²) in [7, 11) is 0. The Bertz CT molecular complexity index is 717. The number of pyridine rings is 1. The van der Waals surface area contributed by atoms with Gasteiger partial charge in [-0.15, -0.1) is 0 Å². The van der Waals surface area contributed by atoms with Crippen LogP contribution in [0.1, 0.15) is 23.0 Å². The number of carboxylic acid groups (broad SMARTS) is 1. The van der Waals surface area contributed by atoms with Crippen LogP contribution < -0.4 is 5.43 Å². The number of aromatic nitrogens is 1. The Morgan fingerprint density at radius 1 is 1.30 bits per heavy atom. The number of rotatable bonds is 3. The highest BCUT2D eigenvalue weighted by Crippen LogP contribution is 2.18. The molecule has 20 heavy (non-hydrogen) atoms. The molecule has 1 aromatic carbocycles. The summed E-state index contributed by atoms with van der Waals surface area (Å²) in [5.74, 6) is -1.66. The van der Waals surface area contributed by atoms with Crippen LogP contribution in [0, 0.1) is 12.7 Å². The Morgan fingerprint density at radius 2 is 1.90 bits per heavy atom. The van der Waals surface area contributed by atoms with Gasteiger partial charge in [0.15, 0.2) is 0 Å². The molecule has 0 aliphatic carbocycles. The summed E-state index contributed by atoms with van der Waals surface area (Å²) in [5, 5.41) is 9.21. The number of aromatic carboxylic acids is 1. The lowest BCUT2D eigenvalue weighted by molar-refractivity contribution is 0.0693. The normalized spacial score (nSPS) is 10.6. The highest BCUT2D eigenvalue weighted by Gasteiger charge is 2.18. The number of halogens is 1. The summed E-state index contributed by atoms with van der Waals surface area (Å²) in [6.07, 6.45) is 1.61. The molecule has 1 heterocycles. The van der Waals surface area contributed by atoms with Gasteiger partial charge in [-0.25, -0.2) is 9.18 Å². The van der Waals surface area contributed by atoms with Crippen molar-refractivity contribution in [3.8, 4) is 11.1 Å². The molecule has 0 aliphatic heterocycles. The van der Waals surface area contributed by atoms with Crippen molar-refractivity contribution < 1.29 is 14.3 Å². The molecule has 0 bridgehead atoms. The van der Waals surface area contributed by atoms with E-state index in [1.54, 1.807) is 17.7 Å². The lowest BCUT2D eigenvalue weighted by atomic mass is 10.0. The maximum absolute atomic E-state index is 12.9. The van der Waals surface area contributed by atoms with Crippen LogP contribution in [0.2, 0.25) is 0 Å². The molecule has 1 aromatic heterocycles. The van der Waals surface area contributed by atoms with Crippen molar-refractivity contribution in [3.05, 3.63) is 57.8 Å². The van der Waals surface area contributed by atoms with E-state index >= 15 is 0 Å². The van der Waals surface area contributed by atoms with Gasteiger partial charge >= 0.3 is 5.97 Å². The first-order valence-electron chi connectivity index (χ1n) is 6.19. The zero-order valence-corrected chi connectivity index (χ0v) is 11.2. The van der Waals surface area contributed by atoms with E-state index in [0.717, 1.165) is 0 Å². The summed E-state index contributed by atoms with van der Waals surface area (Å²) in [5.41, 5.74) is 0.381. The molecule has 0 atom stereocenters. The molecule has 0 saturated carbocycles. The first-order valence-corrected chi connectivity index (χ1v) is 6.19. The highest BCUT2D eigenvalue weighted by molar-refractivity contribution is 5.90. The first-order chi connectivity index (χ1) is 9.45. The van der Waals surface area contributed by atoms with Crippen LogP contribution in [0.3, 0.4) is 0 Å². The van der Waals surface area contributed by atoms with Crippen molar-refractivity contribution in [3.63, 3.8) is 0 Å². The van der Waals surface area contributed by atoms with Gasteiger partial charge in [-0.3, -0.25) is 4.79 Å². The molecule has 0 radical (unpaired) electrons. The first kappa shape index (κ1) is 14.0. The van der Waals surface area contributed by atoms with E-state index in [4.69, 9.17) is 0 Å². The van der Waals surface area contributed by atoms with Gasteiger partial charge in [0.1, 0.15) is 11.4 Å². The predicted octanol–water partition coefficient (Wildman–Crippen LogP) is 2.68. The smallest absolute Gasteiger partial charge is 0.341 e. The standard InChI is InChI=1S/C15H14FNO3/c1-3-17-8-12(10-4-6-11(16)7-5-10)14(18)13(9(17)2)15(19)20/h4-8H,3H2,1-2H3,(H,19,20). The van der Waals surface area contributed by atoms with Crippen molar-refractivity contribution in [2.24, 2.45) is 0 Å². The van der Waals surface area contributed by atoms with Gasteiger partial charge in [0.25, 0.3) is 0 Å². The van der Waals surface area contributed by atoms with Crippen LogP contribution in [0.4, 0.5) is 4.39 Å². The van der Waals surface area contributed by atoms with Crippen molar-refractivity contribution in [1.29, 1.82) is 0 Å². The zero-order valence-electron chi connectivity index (χ0n) is 11.2. The van der Waals surface area contributed by atoms with E-state index in [1.165, 1.54) is 24.3 Å². The second-order valence-electron chi connectivity index (χ2n) is 4.43. The quantitative estimate of drug-likeness (QED) is 0.936. The minimum Gasteiger partial charge on any atom is -0.477 e. The average molecular weight is 275 g/mol. The van der Waals surface area contributed by atoms with E-state index < -0.39 is 17.2 Å². The Hall–Kier alpha value is -2.43. The number of carbonyl (C=O) groups is 1. The van der Waals surface area contributed by atoms with Gasteiger partial charge in [-0.2, -0.15) is 0 Å². The van der Waals surface area contributed by atoms with E-state index in [0.29, 0.717) is 17.8 Å². The zero-order chi connectivity index (χ0) is 14.9. The highest BCUT2D eigenvalue weighted by atomic mass is 19.1. The average Bonchev–Trinajstić information content (AvgIpc) is 2.40. The minimum atomic E-state index is -1.25. The molecule has 104 valence electrons. The van der Waals surface area contributed by atoms with Crippen molar-refractivity contribution in [2.75, 3.05) is 0 Å². The Balaban J connectivity index is 2.77. The molecule has 0 amide bonds. The van der Waals surface area contributed by atoms with Crippen LogP contribution in [0.25, 0.3) is 11.1 Å². The van der Waals surface area contributed by atoms with Crippen LogP contribution in [-0.4, -0.2) is 15.6 Å². The second-order valence-corrected chi connectivity index (χ2v) is 4.43. The topological polar surface area (TPSA) is 59.3 Å². The maximum atomic E-state index is 12.9. The van der Waals surface area contributed by atoms with Gasteiger partial charge in [0, 0.05) is 24.0 Å². The molecule has 0 spiro atoms. The van der Waals surface area contributed by atoms with Crippen LogP contribution in [0.5, 0.6) is 0 Å². The molecular formula is C15H14FNO3. The number of hydrogen-bond acceptors (Lipinski definition) is 2. The fourth-order valence-electron chi connectivity index (χ4n) is 2.17. The number of carboxylic acids is 1. The van der Waals surface area contributed by atoms with Crippen molar-refractivity contribution >= 4 is 5.97 Å². The predicted molar refractivity (Wildman–Crippen MR) is 73.5 cm³/mol. The summed E-state index contributed by atoms with van der Waals surface area (Å²) in [4.78, 5) is 23.6.